The Balaban J connectivity index is 2.33. The van der Waals surface area contributed by atoms with Crippen molar-refractivity contribution in [1.82, 2.24) is 0 Å². The highest BCUT2D eigenvalue weighted by Gasteiger charge is 2.20. The maximum atomic E-state index is 9.27. The highest BCUT2D eigenvalue weighted by molar-refractivity contribution is 6.01. The first-order valence-corrected chi connectivity index (χ1v) is 9.43. The number of hydrogen-bond acceptors (Lipinski definition) is 4. The molecule has 0 aliphatic heterocycles. The Labute approximate surface area is 165 Å². The molecule has 146 valence electrons. The quantitative estimate of drug-likeness (QED) is 0.574. The summed E-state index contributed by atoms with van der Waals surface area (Å²) in [5.74, 6) is 1.41. The second-order valence-corrected chi connectivity index (χ2v) is 6.55. The van der Waals surface area contributed by atoms with Gasteiger partial charge in [-0.1, -0.05) is 54.6 Å². The lowest BCUT2D eigenvalue weighted by Gasteiger charge is -2.21. The van der Waals surface area contributed by atoms with E-state index in [4.69, 9.17) is 9.47 Å². The molecule has 0 radical (unpaired) electrons. The third-order valence-corrected chi connectivity index (χ3v) is 4.67. The topological polar surface area (TPSA) is 58.9 Å². The number of aliphatic hydroxyl groups is 2. The molecule has 4 nitrogen and oxygen atoms in total. The van der Waals surface area contributed by atoms with E-state index in [0.29, 0.717) is 11.5 Å². The molecule has 0 spiro atoms. The predicted molar refractivity (Wildman–Crippen MR) is 112 cm³/mol. The van der Waals surface area contributed by atoms with Crippen molar-refractivity contribution < 1.29 is 19.7 Å². The molecule has 0 atom stereocenters. The zero-order valence-electron chi connectivity index (χ0n) is 16.3. The first-order chi connectivity index (χ1) is 13.7. The first kappa shape index (κ1) is 19.9. The summed E-state index contributed by atoms with van der Waals surface area (Å²) in [5.41, 5.74) is 4.02. The van der Waals surface area contributed by atoms with E-state index >= 15 is 0 Å². The van der Waals surface area contributed by atoms with E-state index in [9.17, 15) is 10.2 Å². The molecule has 0 amide bonds. The molecule has 3 rings (SSSR count). The Morgan fingerprint density at radius 3 is 2.32 bits per heavy atom. The fraction of sp³-hybridized carbons (Fsp3) is 0.250. The number of ether oxygens (including phenoxy) is 2. The van der Waals surface area contributed by atoms with Gasteiger partial charge in [-0.05, 0) is 41.8 Å². The minimum atomic E-state index is -0.0598. The van der Waals surface area contributed by atoms with Gasteiger partial charge in [0.05, 0.1) is 13.2 Å². The van der Waals surface area contributed by atoms with Gasteiger partial charge in [0.25, 0.3) is 0 Å². The first-order valence-electron chi connectivity index (χ1n) is 9.43. The van der Waals surface area contributed by atoms with Crippen molar-refractivity contribution in [1.29, 1.82) is 0 Å². The van der Waals surface area contributed by atoms with Crippen molar-refractivity contribution >= 4 is 16.3 Å². The Kier molecular flexibility index (Phi) is 6.69. The summed E-state index contributed by atoms with van der Waals surface area (Å²) in [6.45, 7) is 4.29. The van der Waals surface area contributed by atoms with Crippen LogP contribution in [0.2, 0.25) is 0 Å². The average molecular weight is 378 g/mol. The van der Waals surface area contributed by atoms with Gasteiger partial charge in [0, 0.05) is 11.1 Å². The molecule has 3 aromatic carbocycles. The minimum Gasteiger partial charge on any atom is -0.495 e. The molecule has 0 aliphatic carbocycles. The van der Waals surface area contributed by atoms with Crippen molar-refractivity contribution in [2.24, 2.45) is 0 Å². The molecule has 28 heavy (non-hydrogen) atoms. The number of allylic oxidation sites excluding steroid dienone is 1. The van der Waals surface area contributed by atoms with Gasteiger partial charge in [0.1, 0.15) is 24.7 Å². The van der Waals surface area contributed by atoms with Crippen LogP contribution in [-0.4, -0.2) is 36.6 Å². The Morgan fingerprint density at radius 1 is 0.857 bits per heavy atom. The van der Waals surface area contributed by atoms with Crippen LogP contribution in [-0.2, 0) is 4.74 Å². The molecule has 0 aromatic heterocycles. The van der Waals surface area contributed by atoms with Crippen LogP contribution < -0.4 is 4.74 Å². The smallest absolute Gasteiger partial charge is 0.128 e. The zero-order valence-corrected chi connectivity index (χ0v) is 16.3. The molecule has 0 bridgehead atoms. The summed E-state index contributed by atoms with van der Waals surface area (Å²) in [4.78, 5) is 0. The SMILES string of the molecule is C/C(OCCO)=C(\c1ccccc1C)c1c(OCCO)ccc2ccccc12. The molecule has 0 saturated carbocycles. The van der Waals surface area contributed by atoms with E-state index in [-0.39, 0.29) is 26.4 Å². The standard InChI is InChI=1S/C24H26O4/c1-17-7-3-5-9-20(17)23(18(2)27-15-13-25)24-21-10-6-4-8-19(21)11-12-22(24)28-16-14-26/h3-12,25-26H,13-16H2,1-2H3/b23-18-. The van der Waals surface area contributed by atoms with Crippen molar-refractivity contribution in [3.05, 3.63) is 83.1 Å². The van der Waals surface area contributed by atoms with Gasteiger partial charge >= 0.3 is 0 Å². The van der Waals surface area contributed by atoms with Crippen molar-refractivity contribution in [2.45, 2.75) is 13.8 Å². The number of benzene rings is 3. The van der Waals surface area contributed by atoms with Crippen LogP contribution in [0.1, 0.15) is 23.6 Å². The third-order valence-electron chi connectivity index (χ3n) is 4.67. The highest BCUT2D eigenvalue weighted by atomic mass is 16.5. The molecule has 0 aliphatic rings. The van der Waals surface area contributed by atoms with Gasteiger partial charge in [-0.2, -0.15) is 0 Å². The van der Waals surface area contributed by atoms with Gasteiger partial charge in [-0.15, -0.1) is 0 Å². The molecule has 3 aromatic rings. The monoisotopic (exact) mass is 378 g/mol. The highest BCUT2D eigenvalue weighted by Crippen LogP contribution is 2.40. The van der Waals surface area contributed by atoms with E-state index in [1.165, 1.54) is 0 Å². The molecule has 2 N–H and O–H groups in total. The number of aryl methyl sites for hydroxylation is 1. The normalized spacial score (nSPS) is 12.0. The van der Waals surface area contributed by atoms with Gasteiger partial charge in [0.2, 0.25) is 0 Å². The van der Waals surface area contributed by atoms with E-state index in [0.717, 1.165) is 33.0 Å². The predicted octanol–water partition coefficient (Wildman–Crippen LogP) is 4.31. The summed E-state index contributed by atoms with van der Waals surface area (Å²) in [6, 6.07) is 20.2. The largest absolute Gasteiger partial charge is 0.495 e. The van der Waals surface area contributed by atoms with Gasteiger partial charge in [0.15, 0.2) is 0 Å². The molecule has 0 unspecified atom stereocenters. The molecule has 0 saturated heterocycles. The van der Waals surface area contributed by atoms with Gasteiger partial charge < -0.3 is 19.7 Å². The summed E-state index contributed by atoms with van der Waals surface area (Å²) in [6.07, 6.45) is 0. The lowest BCUT2D eigenvalue weighted by atomic mass is 9.89. The number of fused-ring (bicyclic) bond motifs is 1. The van der Waals surface area contributed by atoms with Crippen LogP contribution in [0.25, 0.3) is 16.3 Å². The van der Waals surface area contributed by atoms with Crippen molar-refractivity contribution in [2.75, 3.05) is 26.4 Å². The minimum absolute atomic E-state index is 0.0538. The number of rotatable bonds is 8. The Morgan fingerprint density at radius 2 is 1.57 bits per heavy atom. The summed E-state index contributed by atoms with van der Waals surface area (Å²) >= 11 is 0. The lowest BCUT2D eigenvalue weighted by Crippen LogP contribution is -2.07. The van der Waals surface area contributed by atoms with Gasteiger partial charge in [-0.25, -0.2) is 0 Å². The summed E-state index contributed by atoms with van der Waals surface area (Å²) < 4.78 is 11.8. The number of aliphatic hydroxyl groups excluding tert-OH is 2. The second-order valence-electron chi connectivity index (χ2n) is 6.55. The van der Waals surface area contributed by atoms with Crippen LogP contribution in [0.5, 0.6) is 5.75 Å². The van der Waals surface area contributed by atoms with Crippen LogP contribution in [0.3, 0.4) is 0 Å². The number of hydrogen-bond donors (Lipinski definition) is 2. The van der Waals surface area contributed by atoms with Crippen LogP contribution >= 0.6 is 0 Å². The van der Waals surface area contributed by atoms with E-state index in [1.807, 2.05) is 43.3 Å². The molecule has 0 fully saturated rings. The Bertz CT molecular complexity index is 975. The third kappa shape index (κ3) is 4.19. The lowest BCUT2D eigenvalue weighted by molar-refractivity contribution is 0.147. The van der Waals surface area contributed by atoms with Gasteiger partial charge in [-0.3, -0.25) is 0 Å². The molecule has 4 heteroatoms. The maximum Gasteiger partial charge on any atom is 0.128 e. The van der Waals surface area contributed by atoms with E-state index < -0.39 is 0 Å². The van der Waals surface area contributed by atoms with Crippen LogP contribution in [0, 0.1) is 6.92 Å². The van der Waals surface area contributed by atoms with Crippen LogP contribution in [0.4, 0.5) is 0 Å². The average Bonchev–Trinajstić information content (AvgIpc) is 2.72. The van der Waals surface area contributed by atoms with Crippen molar-refractivity contribution in [3.8, 4) is 5.75 Å². The summed E-state index contributed by atoms with van der Waals surface area (Å²) in [5, 5.41) is 20.6. The fourth-order valence-corrected chi connectivity index (χ4v) is 3.41. The molecule has 0 heterocycles. The Hall–Kier alpha value is -2.82. The zero-order chi connectivity index (χ0) is 19.9. The van der Waals surface area contributed by atoms with E-state index in [2.05, 4.69) is 31.2 Å². The molecular formula is C24H26O4. The fourth-order valence-electron chi connectivity index (χ4n) is 3.41. The maximum absolute atomic E-state index is 9.27. The summed E-state index contributed by atoms with van der Waals surface area (Å²) in [7, 11) is 0. The molecular weight excluding hydrogens is 352 g/mol. The van der Waals surface area contributed by atoms with Crippen molar-refractivity contribution in [3.63, 3.8) is 0 Å². The van der Waals surface area contributed by atoms with E-state index in [1.54, 1.807) is 0 Å². The second kappa shape index (κ2) is 9.40. The van der Waals surface area contributed by atoms with Crippen LogP contribution in [0.15, 0.2) is 66.4 Å².